The Morgan fingerprint density at radius 2 is 2.16 bits per heavy atom. The van der Waals surface area contributed by atoms with Crippen molar-refractivity contribution >= 4 is 11.6 Å². The first-order valence-corrected chi connectivity index (χ1v) is 8.38. The van der Waals surface area contributed by atoms with Crippen LogP contribution in [0, 0.1) is 0 Å². The van der Waals surface area contributed by atoms with Crippen LogP contribution < -0.4 is 4.74 Å². The standard InChI is InChI=1S/C18H19N5O2/c1-25-17-13(5-4-9-19-17)18(24)22-11-3-2-6-15(22)14-8-12-23-16(21-14)7-10-20-23/h4-5,7-10,12,15H,2-3,6,11H2,1H3/t15-/m1/s1. The molecule has 1 atom stereocenters. The number of ether oxygens (including phenoxy) is 1. The molecule has 1 aliphatic rings. The first-order chi connectivity index (χ1) is 12.3. The molecule has 1 amide bonds. The fourth-order valence-corrected chi connectivity index (χ4v) is 3.37. The van der Waals surface area contributed by atoms with E-state index in [2.05, 4.69) is 15.1 Å². The number of likely N-dealkylation sites (tertiary alicyclic amines) is 1. The largest absolute Gasteiger partial charge is 0.480 e. The van der Waals surface area contributed by atoms with Crippen LogP contribution in [-0.4, -0.2) is 44.0 Å². The third-order valence-electron chi connectivity index (χ3n) is 4.58. The molecule has 3 aromatic rings. The van der Waals surface area contributed by atoms with Gasteiger partial charge in [0, 0.05) is 25.0 Å². The normalized spacial score (nSPS) is 17.6. The summed E-state index contributed by atoms with van der Waals surface area (Å²) in [6, 6.07) is 7.27. The zero-order valence-electron chi connectivity index (χ0n) is 14.0. The second-order valence-corrected chi connectivity index (χ2v) is 6.06. The number of nitrogens with zero attached hydrogens (tertiary/aromatic N) is 5. The number of aromatic nitrogens is 4. The predicted molar refractivity (Wildman–Crippen MR) is 91.4 cm³/mol. The van der Waals surface area contributed by atoms with Gasteiger partial charge in [-0.25, -0.2) is 14.5 Å². The first-order valence-electron chi connectivity index (χ1n) is 8.38. The van der Waals surface area contributed by atoms with Crippen LogP contribution in [0.5, 0.6) is 5.88 Å². The zero-order valence-corrected chi connectivity index (χ0v) is 14.0. The minimum absolute atomic E-state index is 0.0499. The van der Waals surface area contributed by atoms with Crippen LogP contribution >= 0.6 is 0 Å². The molecule has 4 heterocycles. The molecule has 0 aliphatic carbocycles. The summed E-state index contributed by atoms with van der Waals surface area (Å²) < 4.78 is 6.98. The molecule has 0 spiro atoms. The molecular formula is C18H19N5O2. The smallest absolute Gasteiger partial charge is 0.259 e. The summed E-state index contributed by atoms with van der Waals surface area (Å²) in [4.78, 5) is 23.9. The summed E-state index contributed by atoms with van der Waals surface area (Å²) in [5.74, 6) is 0.292. The number of fused-ring (bicyclic) bond motifs is 1. The van der Waals surface area contributed by atoms with E-state index >= 15 is 0 Å². The molecule has 3 aromatic heterocycles. The van der Waals surface area contributed by atoms with Gasteiger partial charge in [0.2, 0.25) is 5.88 Å². The van der Waals surface area contributed by atoms with Crippen LogP contribution in [0.1, 0.15) is 41.4 Å². The summed E-state index contributed by atoms with van der Waals surface area (Å²) in [5.41, 5.74) is 2.17. The number of piperidine rings is 1. The molecule has 0 N–H and O–H groups in total. The van der Waals surface area contributed by atoms with Crippen molar-refractivity contribution in [3.05, 3.63) is 54.1 Å². The number of pyridine rings is 1. The van der Waals surface area contributed by atoms with E-state index in [4.69, 9.17) is 4.74 Å². The molecule has 4 rings (SSSR count). The van der Waals surface area contributed by atoms with E-state index < -0.39 is 0 Å². The van der Waals surface area contributed by atoms with Crippen molar-refractivity contribution in [2.75, 3.05) is 13.7 Å². The molecule has 0 aromatic carbocycles. The fraction of sp³-hybridized carbons (Fsp3) is 0.333. The molecular weight excluding hydrogens is 318 g/mol. The Morgan fingerprint density at radius 3 is 3.04 bits per heavy atom. The molecule has 0 saturated carbocycles. The number of methoxy groups -OCH3 is 1. The fourth-order valence-electron chi connectivity index (χ4n) is 3.37. The van der Waals surface area contributed by atoms with Crippen LogP contribution in [0.4, 0.5) is 0 Å². The van der Waals surface area contributed by atoms with Crippen molar-refractivity contribution in [2.24, 2.45) is 0 Å². The Bertz CT molecular complexity index is 907. The molecule has 25 heavy (non-hydrogen) atoms. The van der Waals surface area contributed by atoms with E-state index in [1.165, 1.54) is 7.11 Å². The summed E-state index contributed by atoms with van der Waals surface area (Å²) >= 11 is 0. The van der Waals surface area contributed by atoms with Crippen molar-refractivity contribution < 1.29 is 9.53 Å². The van der Waals surface area contributed by atoms with Crippen LogP contribution in [0.2, 0.25) is 0 Å². The van der Waals surface area contributed by atoms with Crippen molar-refractivity contribution in [2.45, 2.75) is 25.3 Å². The highest BCUT2D eigenvalue weighted by atomic mass is 16.5. The quantitative estimate of drug-likeness (QED) is 0.734. The van der Waals surface area contributed by atoms with Crippen molar-refractivity contribution in [1.29, 1.82) is 0 Å². The lowest BCUT2D eigenvalue weighted by molar-refractivity contribution is 0.0602. The molecule has 7 heteroatoms. The van der Waals surface area contributed by atoms with Gasteiger partial charge in [0.1, 0.15) is 5.56 Å². The van der Waals surface area contributed by atoms with Crippen LogP contribution in [0.25, 0.3) is 5.65 Å². The highest BCUT2D eigenvalue weighted by molar-refractivity contribution is 5.96. The van der Waals surface area contributed by atoms with Gasteiger partial charge in [0.05, 0.1) is 25.0 Å². The van der Waals surface area contributed by atoms with Gasteiger partial charge >= 0.3 is 0 Å². The summed E-state index contributed by atoms with van der Waals surface area (Å²) in [7, 11) is 1.53. The summed E-state index contributed by atoms with van der Waals surface area (Å²) in [6.07, 6.45) is 8.19. The highest BCUT2D eigenvalue weighted by Gasteiger charge is 2.31. The lowest BCUT2D eigenvalue weighted by Gasteiger charge is -2.35. The molecule has 1 fully saturated rings. The molecule has 1 aliphatic heterocycles. The van der Waals surface area contributed by atoms with Crippen LogP contribution in [0.15, 0.2) is 42.9 Å². The Morgan fingerprint density at radius 1 is 1.24 bits per heavy atom. The molecule has 1 saturated heterocycles. The Kier molecular flexibility index (Phi) is 4.05. The Hall–Kier alpha value is -2.96. The van der Waals surface area contributed by atoms with Crippen molar-refractivity contribution in [3.63, 3.8) is 0 Å². The third-order valence-corrected chi connectivity index (χ3v) is 4.58. The van der Waals surface area contributed by atoms with E-state index in [0.29, 0.717) is 18.0 Å². The van der Waals surface area contributed by atoms with Gasteiger partial charge in [-0.3, -0.25) is 4.79 Å². The average molecular weight is 337 g/mol. The number of hydrogen-bond acceptors (Lipinski definition) is 5. The third kappa shape index (κ3) is 2.82. The number of carbonyl (C=O) groups excluding carboxylic acids is 1. The molecule has 0 unspecified atom stereocenters. The van der Waals surface area contributed by atoms with E-state index in [-0.39, 0.29) is 11.9 Å². The number of amides is 1. The van der Waals surface area contributed by atoms with Gasteiger partial charge in [0.15, 0.2) is 5.65 Å². The van der Waals surface area contributed by atoms with Gasteiger partial charge in [-0.05, 0) is 37.5 Å². The van der Waals surface area contributed by atoms with E-state index in [1.54, 1.807) is 29.0 Å². The van der Waals surface area contributed by atoms with Crippen molar-refractivity contribution in [3.8, 4) is 5.88 Å². The van der Waals surface area contributed by atoms with Crippen molar-refractivity contribution in [1.82, 2.24) is 24.5 Å². The van der Waals surface area contributed by atoms with Crippen LogP contribution in [0.3, 0.4) is 0 Å². The number of carbonyl (C=O) groups is 1. The summed E-state index contributed by atoms with van der Waals surface area (Å²) in [6.45, 7) is 0.702. The number of hydrogen-bond donors (Lipinski definition) is 0. The minimum atomic E-state index is -0.0650. The lowest BCUT2D eigenvalue weighted by atomic mass is 9.98. The maximum Gasteiger partial charge on any atom is 0.259 e. The monoisotopic (exact) mass is 337 g/mol. The summed E-state index contributed by atoms with van der Waals surface area (Å²) in [5, 5.41) is 4.18. The van der Waals surface area contributed by atoms with Gasteiger partial charge in [0.25, 0.3) is 5.91 Å². The first kappa shape index (κ1) is 15.6. The Labute approximate surface area is 145 Å². The maximum atomic E-state index is 13.1. The van der Waals surface area contributed by atoms with Crippen LogP contribution in [-0.2, 0) is 0 Å². The second kappa shape index (κ2) is 6.51. The van der Waals surface area contributed by atoms with Gasteiger partial charge < -0.3 is 9.64 Å². The SMILES string of the molecule is COc1ncccc1C(=O)N1CCCC[C@@H]1c1ccn2nccc2n1. The maximum absolute atomic E-state index is 13.1. The van der Waals surface area contributed by atoms with E-state index in [1.807, 2.05) is 23.2 Å². The van der Waals surface area contributed by atoms with Gasteiger partial charge in [-0.15, -0.1) is 0 Å². The topological polar surface area (TPSA) is 72.6 Å². The molecule has 0 bridgehead atoms. The average Bonchev–Trinajstić information content (AvgIpc) is 3.15. The van der Waals surface area contributed by atoms with E-state index in [9.17, 15) is 4.79 Å². The van der Waals surface area contributed by atoms with Gasteiger partial charge in [-0.1, -0.05) is 0 Å². The van der Waals surface area contributed by atoms with E-state index in [0.717, 1.165) is 30.6 Å². The van der Waals surface area contributed by atoms with Gasteiger partial charge in [-0.2, -0.15) is 5.10 Å². The minimum Gasteiger partial charge on any atom is -0.480 e. The second-order valence-electron chi connectivity index (χ2n) is 6.06. The molecule has 128 valence electrons. The Balaban J connectivity index is 1.69. The highest BCUT2D eigenvalue weighted by Crippen LogP contribution is 2.32. The number of rotatable bonds is 3. The lowest BCUT2D eigenvalue weighted by Crippen LogP contribution is -2.39. The zero-order chi connectivity index (χ0) is 17.2. The molecule has 7 nitrogen and oxygen atoms in total. The molecule has 0 radical (unpaired) electrons. The predicted octanol–water partition coefficient (Wildman–Crippen LogP) is 2.50.